The molecule has 0 aliphatic carbocycles. The zero-order chi connectivity index (χ0) is 16.1. The standard InChI is InChI=1S/C15H17ClN4OS2/c16-13-3-2-12(23-13)10-19-6-8-20(9-7-19)14(21)11-22-15-17-4-1-5-18-15/h1-5H,6-11H2. The van der Waals surface area contributed by atoms with Gasteiger partial charge in [0.25, 0.3) is 0 Å². The third-order valence-corrected chi connectivity index (χ3v) is 5.68. The summed E-state index contributed by atoms with van der Waals surface area (Å²) < 4.78 is 0.828. The van der Waals surface area contributed by atoms with Crippen molar-refractivity contribution < 1.29 is 4.79 Å². The summed E-state index contributed by atoms with van der Waals surface area (Å²) in [4.78, 5) is 26.1. The van der Waals surface area contributed by atoms with Crippen molar-refractivity contribution >= 4 is 40.6 Å². The predicted octanol–water partition coefficient (Wildman–Crippen LogP) is 2.63. The number of piperazine rings is 1. The molecule has 23 heavy (non-hydrogen) atoms. The first-order chi connectivity index (χ1) is 11.2. The minimum Gasteiger partial charge on any atom is -0.339 e. The van der Waals surface area contributed by atoms with E-state index in [2.05, 4.69) is 20.9 Å². The molecular weight excluding hydrogens is 352 g/mol. The number of hydrogen-bond donors (Lipinski definition) is 0. The summed E-state index contributed by atoms with van der Waals surface area (Å²) in [7, 11) is 0. The van der Waals surface area contributed by atoms with Crippen LogP contribution in [0.1, 0.15) is 4.88 Å². The summed E-state index contributed by atoms with van der Waals surface area (Å²) in [5.41, 5.74) is 0. The normalized spacial score (nSPS) is 15.8. The lowest BCUT2D eigenvalue weighted by atomic mass is 10.3. The van der Waals surface area contributed by atoms with Gasteiger partial charge in [-0.15, -0.1) is 11.3 Å². The molecule has 3 heterocycles. The average molecular weight is 369 g/mol. The number of halogens is 1. The van der Waals surface area contributed by atoms with Crippen LogP contribution in [0.5, 0.6) is 0 Å². The van der Waals surface area contributed by atoms with E-state index in [1.54, 1.807) is 29.8 Å². The smallest absolute Gasteiger partial charge is 0.233 e. The molecule has 1 aliphatic heterocycles. The number of thioether (sulfide) groups is 1. The number of thiophene rings is 1. The number of aromatic nitrogens is 2. The Kier molecular flexibility index (Phi) is 5.88. The van der Waals surface area contributed by atoms with Crippen molar-refractivity contribution in [2.45, 2.75) is 11.7 Å². The van der Waals surface area contributed by atoms with Crippen LogP contribution < -0.4 is 0 Å². The Balaban J connectivity index is 1.42. The number of carbonyl (C=O) groups excluding carboxylic acids is 1. The van der Waals surface area contributed by atoms with Gasteiger partial charge in [0.1, 0.15) is 0 Å². The van der Waals surface area contributed by atoms with Gasteiger partial charge in [-0.2, -0.15) is 0 Å². The van der Waals surface area contributed by atoms with Crippen molar-refractivity contribution in [3.63, 3.8) is 0 Å². The Bertz CT molecular complexity index is 644. The minimum absolute atomic E-state index is 0.154. The monoisotopic (exact) mass is 368 g/mol. The van der Waals surface area contributed by atoms with Crippen LogP contribution in [0.25, 0.3) is 0 Å². The van der Waals surface area contributed by atoms with Crippen molar-refractivity contribution in [3.8, 4) is 0 Å². The van der Waals surface area contributed by atoms with Crippen LogP contribution in [0.2, 0.25) is 4.34 Å². The van der Waals surface area contributed by atoms with Crippen molar-refractivity contribution in [1.29, 1.82) is 0 Å². The maximum atomic E-state index is 12.3. The molecule has 0 radical (unpaired) electrons. The van der Waals surface area contributed by atoms with Crippen molar-refractivity contribution in [2.75, 3.05) is 31.9 Å². The molecule has 0 bridgehead atoms. The highest BCUT2D eigenvalue weighted by Crippen LogP contribution is 2.23. The van der Waals surface area contributed by atoms with Crippen LogP contribution in [0.15, 0.2) is 35.7 Å². The van der Waals surface area contributed by atoms with E-state index >= 15 is 0 Å². The first kappa shape index (κ1) is 16.7. The Morgan fingerprint density at radius 3 is 2.61 bits per heavy atom. The van der Waals surface area contributed by atoms with E-state index < -0.39 is 0 Å². The fraction of sp³-hybridized carbons (Fsp3) is 0.400. The molecule has 2 aromatic rings. The van der Waals surface area contributed by atoms with Crippen LogP contribution in [0, 0.1) is 0 Å². The average Bonchev–Trinajstić information content (AvgIpc) is 2.99. The highest BCUT2D eigenvalue weighted by atomic mass is 35.5. The zero-order valence-corrected chi connectivity index (χ0v) is 14.9. The van der Waals surface area contributed by atoms with Crippen molar-refractivity contribution in [2.24, 2.45) is 0 Å². The second-order valence-electron chi connectivity index (χ2n) is 5.18. The Hall–Kier alpha value is -1.15. The van der Waals surface area contributed by atoms with Gasteiger partial charge in [-0.1, -0.05) is 23.4 Å². The van der Waals surface area contributed by atoms with Crippen molar-refractivity contribution in [1.82, 2.24) is 19.8 Å². The predicted molar refractivity (Wildman–Crippen MR) is 93.9 cm³/mol. The van der Waals surface area contributed by atoms with Gasteiger partial charge in [-0.05, 0) is 18.2 Å². The van der Waals surface area contributed by atoms with Crippen LogP contribution in [0.4, 0.5) is 0 Å². The molecule has 0 spiro atoms. The van der Waals surface area contributed by atoms with E-state index in [0.717, 1.165) is 37.1 Å². The van der Waals surface area contributed by atoms with Crippen LogP contribution >= 0.6 is 34.7 Å². The summed E-state index contributed by atoms with van der Waals surface area (Å²) in [5, 5.41) is 0.647. The second kappa shape index (κ2) is 8.10. The molecule has 0 aromatic carbocycles. The van der Waals surface area contributed by atoms with Gasteiger partial charge in [-0.25, -0.2) is 9.97 Å². The molecule has 2 aromatic heterocycles. The SMILES string of the molecule is O=C(CSc1ncccn1)N1CCN(Cc2ccc(Cl)s2)CC1. The van der Waals surface area contributed by atoms with Crippen LogP contribution in [-0.2, 0) is 11.3 Å². The minimum atomic E-state index is 0.154. The lowest BCUT2D eigenvalue weighted by Crippen LogP contribution is -2.48. The largest absolute Gasteiger partial charge is 0.339 e. The van der Waals surface area contributed by atoms with Gasteiger partial charge in [0.05, 0.1) is 10.1 Å². The van der Waals surface area contributed by atoms with Crippen LogP contribution in [0.3, 0.4) is 0 Å². The summed E-state index contributed by atoms with van der Waals surface area (Å²) in [5.74, 6) is 0.547. The van der Waals surface area contributed by atoms with E-state index in [-0.39, 0.29) is 5.91 Å². The van der Waals surface area contributed by atoms with Gasteiger partial charge in [-0.3, -0.25) is 9.69 Å². The van der Waals surface area contributed by atoms with Gasteiger partial charge >= 0.3 is 0 Å². The van der Waals surface area contributed by atoms with Crippen LogP contribution in [-0.4, -0.2) is 57.6 Å². The third kappa shape index (κ3) is 4.91. The Morgan fingerprint density at radius 1 is 1.22 bits per heavy atom. The summed E-state index contributed by atoms with van der Waals surface area (Å²) >= 11 is 8.97. The van der Waals surface area contributed by atoms with Gasteiger partial charge < -0.3 is 4.90 Å². The number of hydrogen-bond acceptors (Lipinski definition) is 6. The highest BCUT2D eigenvalue weighted by Gasteiger charge is 2.21. The van der Waals surface area contributed by atoms with Gasteiger partial charge in [0, 0.05) is 50.0 Å². The number of amides is 1. The second-order valence-corrected chi connectivity index (χ2v) is 7.92. The summed E-state index contributed by atoms with van der Waals surface area (Å²) in [6.45, 7) is 4.25. The maximum absolute atomic E-state index is 12.3. The molecule has 8 heteroatoms. The molecule has 1 fully saturated rings. The zero-order valence-electron chi connectivity index (χ0n) is 12.5. The quantitative estimate of drug-likeness (QED) is 0.599. The Morgan fingerprint density at radius 2 is 1.96 bits per heavy atom. The molecule has 1 amide bonds. The number of nitrogens with zero attached hydrogens (tertiary/aromatic N) is 4. The molecule has 122 valence electrons. The first-order valence-electron chi connectivity index (χ1n) is 7.35. The molecule has 5 nitrogen and oxygen atoms in total. The van der Waals surface area contributed by atoms with Crippen molar-refractivity contribution in [3.05, 3.63) is 39.8 Å². The lowest BCUT2D eigenvalue weighted by Gasteiger charge is -2.34. The fourth-order valence-electron chi connectivity index (χ4n) is 2.39. The molecule has 1 aliphatic rings. The molecule has 0 N–H and O–H groups in total. The van der Waals surface area contributed by atoms with E-state index in [1.165, 1.54) is 16.6 Å². The number of rotatable bonds is 5. The third-order valence-electron chi connectivity index (χ3n) is 3.60. The molecule has 0 atom stereocenters. The van der Waals surface area contributed by atoms with Gasteiger partial charge in [0.15, 0.2) is 5.16 Å². The molecule has 0 saturated carbocycles. The maximum Gasteiger partial charge on any atom is 0.233 e. The van der Waals surface area contributed by atoms with E-state index in [9.17, 15) is 4.79 Å². The van der Waals surface area contributed by atoms with E-state index in [0.29, 0.717) is 10.9 Å². The van der Waals surface area contributed by atoms with E-state index in [1.807, 2.05) is 11.0 Å². The molecule has 0 unspecified atom stereocenters. The lowest BCUT2D eigenvalue weighted by molar-refractivity contribution is -0.130. The summed E-state index contributed by atoms with van der Waals surface area (Å²) in [6.07, 6.45) is 3.38. The topological polar surface area (TPSA) is 49.3 Å². The first-order valence-corrected chi connectivity index (χ1v) is 9.53. The van der Waals surface area contributed by atoms with Gasteiger partial charge in [0.2, 0.25) is 5.91 Å². The molecular formula is C15H17ClN4OS2. The Labute approximate surface area is 148 Å². The van der Waals surface area contributed by atoms with E-state index in [4.69, 9.17) is 11.6 Å². The fourth-order valence-corrected chi connectivity index (χ4v) is 4.23. The molecule has 1 saturated heterocycles. The number of carbonyl (C=O) groups is 1. The summed E-state index contributed by atoms with van der Waals surface area (Å²) in [6, 6.07) is 5.77. The molecule has 3 rings (SSSR count). The highest BCUT2D eigenvalue weighted by molar-refractivity contribution is 7.99.